The predicted molar refractivity (Wildman–Crippen MR) is 84.6 cm³/mol. The van der Waals surface area contributed by atoms with Gasteiger partial charge in [-0.15, -0.1) is 0 Å². The van der Waals surface area contributed by atoms with E-state index in [1.165, 1.54) is 0 Å². The van der Waals surface area contributed by atoms with Gasteiger partial charge in [0.2, 0.25) is 5.91 Å². The fraction of sp³-hybridized carbons (Fsp3) is 0.846. The first-order valence-corrected chi connectivity index (χ1v) is 8.07. The van der Waals surface area contributed by atoms with Crippen LogP contribution in [0, 0.1) is 0 Å². The monoisotopic (exact) mass is 304 g/mol. The number of ether oxygens (including phenoxy) is 1. The summed E-state index contributed by atoms with van der Waals surface area (Å²) in [6, 6.07) is 0. The van der Waals surface area contributed by atoms with Crippen molar-refractivity contribution in [3.05, 3.63) is 0 Å². The van der Waals surface area contributed by atoms with Crippen molar-refractivity contribution in [3.8, 4) is 0 Å². The molecule has 0 spiro atoms. The molecule has 0 aliphatic carbocycles. The topological polar surface area (TPSA) is 55.6 Å². The zero-order chi connectivity index (χ0) is 14.7. The highest BCUT2D eigenvalue weighted by molar-refractivity contribution is 8.02. The highest BCUT2D eigenvalue weighted by atomic mass is 32.2. The Hall–Kier alpha value is -0.330. The van der Waals surface area contributed by atoms with E-state index in [9.17, 15) is 4.79 Å². The van der Waals surface area contributed by atoms with E-state index in [0.717, 1.165) is 25.9 Å². The Morgan fingerprint density at radius 3 is 2.37 bits per heavy atom. The summed E-state index contributed by atoms with van der Waals surface area (Å²) >= 11 is 6.87. The van der Waals surface area contributed by atoms with Crippen LogP contribution < -0.4 is 5.73 Å². The number of carbonyl (C=O) groups excluding carboxylic acids is 1. The molecule has 0 unspecified atom stereocenters. The van der Waals surface area contributed by atoms with Gasteiger partial charge in [0.25, 0.3) is 0 Å². The Morgan fingerprint density at radius 2 is 2.00 bits per heavy atom. The summed E-state index contributed by atoms with van der Waals surface area (Å²) in [5.41, 5.74) is 5.44. The van der Waals surface area contributed by atoms with Crippen molar-refractivity contribution in [2.75, 3.05) is 26.5 Å². The summed E-state index contributed by atoms with van der Waals surface area (Å²) in [5, 5.41) is 0. The lowest BCUT2D eigenvalue weighted by molar-refractivity contribution is -0.137. The largest absolute Gasteiger partial charge is 0.392 e. The highest BCUT2D eigenvalue weighted by Gasteiger charge is 2.38. The molecule has 110 valence electrons. The van der Waals surface area contributed by atoms with Crippen LogP contribution in [0.15, 0.2) is 0 Å². The zero-order valence-corrected chi connectivity index (χ0v) is 13.8. The Bertz CT molecular complexity index is 351. The molecule has 19 heavy (non-hydrogen) atoms. The van der Waals surface area contributed by atoms with E-state index in [2.05, 4.69) is 0 Å². The van der Waals surface area contributed by atoms with E-state index < -0.39 is 5.60 Å². The lowest BCUT2D eigenvalue weighted by Crippen LogP contribution is -2.51. The van der Waals surface area contributed by atoms with Crippen molar-refractivity contribution < 1.29 is 9.53 Å². The number of hydrogen-bond donors (Lipinski definition) is 1. The summed E-state index contributed by atoms with van der Waals surface area (Å²) in [6.45, 7) is 5.29. The predicted octanol–water partition coefficient (Wildman–Crippen LogP) is 1.81. The maximum absolute atomic E-state index is 12.2. The minimum Gasteiger partial charge on any atom is -0.392 e. The van der Waals surface area contributed by atoms with Crippen LogP contribution in [0.5, 0.6) is 0 Å². The number of nitrogens with zero attached hydrogens (tertiary/aromatic N) is 1. The van der Waals surface area contributed by atoms with Gasteiger partial charge in [-0.2, -0.15) is 11.8 Å². The Balaban J connectivity index is 2.59. The van der Waals surface area contributed by atoms with Gasteiger partial charge in [0.1, 0.15) is 0 Å². The molecule has 0 aromatic heterocycles. The molecule has 0 aromatic rings. The van der Waals surface area contributed by atoms with Crippen molar-refractivity contribution in [1.82, 2.24) is 4.90 Å². The minimum atomic E-state index is -0.408. The van der Waals surface area contributed by atoms with E-state index in [1.807, 2.05) is 25.0 Å². The molecular formula is C13H24N2O2S2. The van der Waals surface area contributed by atoms with Crippen LogP contribution in [-0.4, -0.2) is 52.6 Å². The zero-order valence-electron chi connectivity index (χ0n) is 12.2. The highest BCUT2D eigenvalue weighted by Crippen LogP contribution is 2.35. The third kappa shape index (κ3) is 4.07. The maximum Gasteiger partial charge on any atom is 0.225 e. The van der Waals surface area contributed by atoms with Gasteiger partial charge >= 0.3 is 0 Å². The van der Waals surface area contributed by atoms with Crippen LogP contribution in [0.3, 0.4) is 0 Å². The second kappa shape index (κ2) is 6.41. The molecule has 1 saturated heterocycles. The van der Waals surface area contributed by atoms with E-state index in [-0.39, 0.29) is 10.7 Å². The van der Waals surface area contributed by atoms with Gasteiger partial charge in [0, 0.05) is 20.2 Å². The number of hydrogen-bond acceptors (Lipinski definition) is 4. The van der Waals surface area contributed by atoms with Crippen molar-refractivity contribution in [2.45, 2.75) is 43.5 Å². The van der Waals surface area contributed by atoms with E-state index in [1.54, 1.807) is 18.9 Å². The van der Waals surface area contributed by atoms with Gasteiger partial charge in [-0.3, -0.25) is 4.79 Å². The van der Waals surface area contributed by atoms with Gasteiger partial charge in [0.05, 0.1) is 21.8 Å². The van der Waals surface area contributed by atoms with Crippen molar-refractivity contribution in [1.29, 1.82) is 0 Å². The number of thioether (sulfide) groups is 1. The number of piperidine rings is 1. The molecule has 0 bridgehead atoms. The SMILES string of the molecule is COC(C)(C)CC(=O)N1CCC(SC)(C(N)=S)CC1. The molecule has 1 aliphatic heterocycles. The number of methoxy groups -OCH3 is 1. The molecule has 0 aromatic carbocycles. The number of thiocarbonyl (C=S) groups is 1. The molecule has 0 radical (unpaired) electrons. The average molecular weight is 304 g/mol. The molecule has 0 atom stereocenters. The molecule has 1 heterocycles. The molecule has 2 N–H and O–H groups in total. The van der Waals surface area contributed by atoms with Crippen LogP contribution >= 0.6 is 24.0 Å². The Kier molecular flexibility index (Phi) is 5.65. The van der Waals surface area contributed by atoms with Crippen LogP contribution in [0.2, 0.25) is 0 Å². The number of nitrogens with two attached hydrogens (primary N) is 1. The third-order valence-electron chi connectivity index (χ3n) is 3.89. The van der Waals surface area contributed by atoms with Gasteiger partial charge in [-0.25, -0.2) is 0 Å². The Morgan fingerprint density at radius 1 is 1.47 bits per heavy atom. The summed E-state index contributed by atoms with van der Waals surface area (Å²) in [4.78, 5) is 14.7. The summed E-state index contributed by atoms with van der Waals surface area (Å²) < 4.78 is 5.17. The summed E-state index contributed by atoms with van der Waals surface area (Å²) in [7, 11) is 1.63. The molecule has 6 heteroatoms. The minimum absolute atomic E-state index is 0.136. The van der Waals surface area contributed by atoms with Crippen LogP contribution in [0.25, 0.3) is 0 Å². The number of likely N-dealkylation sites (tertiary alicyclic amines) is 1. The first-order valence-electron chi connectivity index (χ1n) is 6.44. The van der Waals surface area contributed by atoms with Crippen molar-refractivity contribution in [2.24, 2.45) is 5.73 Å². The second-order valence-corrected chi connectivity index (χ2v) is 7.21. The molecule has 0 saturated carbocycles. The van der Waals surface area contributed by atoms with E-state index >= 15 is 0 Å². The van der Waals surface area contributed by atoms with Crippen molar-refractivity contribution >= 4 is 34.9 Å². The first-order chi connectivity index (χ1) is 8.76. The standard InChI is InChI=1S/C13H24N2O2S2/c1-12(2,17-3)9-10(16)15-7-5-13(19-4,6-8-15)11(14)18/h5-9H2,1-4H3,(H2,14,18). The third-order valence-corrected chi connectivity index (χ3v) is 5.82. The molecule has 1 fully saturated rings. The van der Waals surface area contributed by atoms with Gasteiger partial charge in [-0.1, -0.05) is 12.2 Å². The second-order valence-electron chi connectivity index (χ2n) is 5.58. The maximum atomic E-state index is 12.2. The molecule has 1 rings (SSSR count). The summed E-state index contributed by atoms with van der Waals surface area (Å²) in [6.07, 6.45) is 4.11. The Labute approximate surface area is 125 Å². The molecular weight excluding hydrogens is 280 g/mol. The van der Waals surface area contributed by atoms with Crippen LogP contribution in [0.1, 0.15) is 33.1 Å². The smallest absolute Gasteiger partial charge is 0.225 e. The van der Waals surface area contributed by atoms with Gasteiger partial charge < -0.3 is 15.4 Å². The number of carbonyl (C=O) groups is 1. The fourth-order valence-electron chi connectivity index (χ4n) is 2.22. The average Bonchev–Trinajstić information content (AvgIpc) is 2.38. The molecule has 4 nitrogen and oxygen atoms in total. The number of amides is 1. The molecule has 1 aliphatic rings. The quantitative estimate of drug-likeness (QED) is 0.785. The van der Waals surface area contributed by atoms with E-state index in [4.69, 9.17) is 22.7 Å². The lowest BCUT2D eigenvalue weighted by atomic mass is 9.94. The fourth-order valence-corrected chi connectivity index (χ4v) is 3.46. The van der Waals surface area contributed by atoms with Crippen molar-refractivity contribution in [3.63, 3.8) is 0 Å². The first kappa shape index (κ1) is 16.7. The van der Waals surface area contributed by atoms with Gasteiger partial charge in [-0.05, 0) is 32.9 Å². The van der Waals surface area contributed by atoms with Crippen LogP contribution in [0.4, 0.5) is 0 Å². The molecule has 1 amide bonds. The summed E-state index contributed by atoms with van der Waals surface area (Å²) in [5.74, 6) is 0.143. The van der Waals surface area contributed by atoms with Gasteiger partial charge in [0.15, 0.2) is 0 Å². The van der Waals surface area contributed by atoms with Crippen LogP contribution in [-0.2, 0) is 9.53 Å². The van der Waals surface area contributed by atoms with E-state index in [0.29, 0.717) is 11.4 Å². The lowest BCUT2D eigenvalue weighted by Gasteiger charge is -2.40. The number of rotatable bonds is 5. The normalized spacial score (nSPS) is 19.3.